The molecule has 1 aromatic rings. The number of rotatable bonds is 6. The summed E-state index contributed by atoms with van der Waals surface area (Å²) in [6.45, 7) is 4.21. The first-order valence-electron chi connectivity index (χ1n) is 5.50. The molecule has 0 heterocycles. The highest BCUT2D eigenvalue weighted by atomic mass is 16.3. The Labute approximate surface area is 91.5 Å². The van der Waals surface area contributed by atoms with Gasteiger partial charge in [0.25, 0.3) is 0 Å². The predicted octanol–water partition coefficient (Wildman–Crippen LogP) is 1.87. The number of nitrogen functional groups attached to an aromatic ring is 1. The third-order valence-corrected chi connectivity index (χ3v) is 2.36. The van der Waals surface area contributed by atoms with Crippen LogP contribution in [-0.4, -0.2) is 24.8 Å². The molecule has 0 aromatic heterocycles. The Morgan fingerprint density at radius 1 is 1.27 bits per heavy atom. The molecule has 0 saturated heterocycles. The van der Waals surface area contributed by atoms with Crippen molar-refractivity contribution in [1.82, 2.24) is 0 Å². The maximum atomic E-state index is 8.84. The van der Waals surface area contributed by atoms with Crippen LogP contribution < -0.4 is 10.6 Å². The zero-order valence-electron chi connectivity index (χ0n) is 9.32. The fraction of sp³-hybridized carbons (Fsp3) is 0.500. The van der Waals surface area contributed by atoms with E-state index in [4.69, 9.17) is 10.8 Å². The van der Waals surface area contributed by atoms with Crippen molar-refractivity contribution in [2.45, 2.75) is 19.8 Å². The zero-order valence-corrected chi connectivity index (χ0v) is 9.32. The topological polar surface area (TPSA) is 49.5 Å². The molecule has 0 aliphatic carbocycles. The normalized spacial score (nSPS) is 10.3. The molecular formula is C12H20N2O. The van der Waals surface area contributed by atoms with Crippen LogP contribution in [0.1, 0.15) is 19.8 Å². The van der Waals surface area contributed by atoms with Crippen molar-refractivity contribution in [3.63, 3.8) is 0 Å². The van der Waals surface area contributed by atoms with Crippen LogP contribution in [0.5, 0.6) is 0 Å². The summed E-state index contributed by atoms with van der Waals surface area (Å²) in [4.78, 5) is 2.23. The Kier molecular flexibility index (Phi) is 4.98. The van der Waals surface area contributed by atoms with Gasteiger partial charge in [-0.05, 0) is 25.0 Å². The number of anilines is 2. The highest BCUT2D eigenvalue weighted by Gasteiger charge is 2.07. The second-order valence-electron chi connectivity index (χ2n) is 3.62. The molecule has 0 radical (unpaired) electrons. The van der Waals surface area contributed by atoms with E-state index in [0.29, 0.717) is 0 Å². The first-order valence-corrected chi connectivity index (χ1v) is 5.50. The van der Waals surface area contributed by atoms with Gasteiger partial charge in [-0.2, -0.15) is 0 Å². The summed E-state index contributed by atoms with van der Waals surface area (Å²) in [7, 11) is 0. The molecule has 15 heavy (non-hydrogen) atoms. The van der Waals surface area contributed by atoms with Gasteiger partial charge in [0.1, 0.15) is 0 Å². The number of aliphatic hydroxyl groups is 1. The van der Waals surface area contributed by atoms with Gasteiger partial charge >= 0.3 is 0 Å². The lowest BCUT2D eigenvalue weighted by Gasteiger charge is -2.25. The SMILES string of the molecule is CCCN(CCCO)c1ccccc1N. The van der Waals surface area contributed by atoms with E-state index in [1.165, 1.54) is 0 Å². The highest BCUT2D eigenvalue weighted by molar-refractivity contribution is 5.67. The van der Waals surface area contributed by atoms with Crippen LogP contribution in [0, 0.1) is 0 Å². The lowest BCUT2D eigenvalue weighted by Crippen LogP contribution is -2.26. The molecule has 84 valence electrons. The third-order valence-electron chi connectivity index (χ3n) is 2.36. The van der Waals surface area contributed by atoms with Gasteiger partial charge in [0.2, 0.25) is 0 Å². The molecule has 3 nitrogen and oxygen atoms in total. The minimum absolute atomic E-state index is 0.229. The van der Waals surface area contributed by atoms with Crippen LogP contribution in [0.3, 0.4) is 0 Å². The molecule has 1 rings (SSSR count). The Morgan fingerprint density at radius 2 is 2.00 bits per heavy atom. The fourth-order valence-corrected chi connectivity index (χ4v) is 1.66. The summed E-state index contributed by atoms with van der Waals surface area (Å²) in [5, 5.41) is 8.84. The number of nitrogens with two attached hydrogens (primary N) is 1. The minimum Gasteiger partial charge on any atom is -0.397 e. The number of nitrogens with zero attached hydrogens (tertiary/aromatic N) is 1. The molecule has 0 amide bonds. The molecule has 0 saturated carbocycles. The van der Waals surface area contributed by atoms with Crippen molar-refractivity contribution in [2.75, 3.05) is 30.3 Å². The number of para-hydroxylation sites is 2. The summed E-state index contributed by atoms with van der Waals surface area (Å²) in [5.41, 5.74) is 7.81. The summed E-state index contributed by atoms with van der Waals surface area (Å²) >= 11 is 0. The number of benzene rings is 1. The molecule has 0 fully saturated rings. The zero-order chi connectivity index (χ0) is 11.1. The second-order valence-corrected chi connectivity index (χ2v) is 3.62. The lowest BCUT2D eigenvalue weighted by molar-refractivity contribution is 0.289. The molecule has 3 N–H and O–H groups in total. The van der Waals surface area contributed by atoms with E-state index in [-0.39, 0.29) is 6.61 Å². The maximum absolute atomic E-state index is 8.84. The van der Waals surface area contributed by atoms with Crippen molar-refractivity contribution in [3.05, 3.63) is 24.3 Å². The minimum atomic E-state index is 0.229. The molecule has 0 aliphatic rings. The number of hydrogen-bond acceptors (Lipinski definition) is 3. The van der Waals surface area contributed by atoms with E-state index >= 15 is 0 Å². The standard InChI is InChI=1S/C12H20N2O/c1-2-8-14(9-5-10-15)12-7-4-3-6-11(12)13/h3-4,6-7,15H,2,5,8-10,13H2,1H3. The van der Waals surface area contributed by atoms with Crippen molar-refractivity contribution >= 4 is 11.4 Å². The Bertz CT molecular complexity index is 289. The molecule has 0 bridgehead atoms. The number of hydrogen-bond donors (Lipinski definition) is 2. The van der Waals surface area contributed by atoms with Gasteiger partial charge in [0.05, 0.1) is 11.4 Å². The van der Waals surface area contributed by atoms with Crippen LogP contribution in [-0.2, 0) is 0 Å². The Morgan fingerprint density at radius 3 is 2.60 bits per heavy atom. The Balaban J connectivity index is 2.74. The van der Waals surface area contributed by atoms with Gasteiger partial charge < -0.3 is 15.7 Å². The molecular weight excluding hydrogens is 188 g/mol. The summed E-state index contributed by atoms with van der Waals surface area (Å²) < 4.78 is 0. The smallest absolute Gasteiger partial charge is 0.0599 e. The lowest BCUT2D eigenvalue weighted by atomic mass is 10.2. The monoisotopic (exact) mass is 208 g/mol. The first kappa shape index (κ1) is 11.9. The van der Waals surface area contributed by atoms with Gasteiger partial charge in [-0.25, -0.2) is 0 Å². The average Bonchev–Trinajstić information content (AvgIpc) is 2.25. The Hall–Kier alpha value is -1.22. The van der Waals surface area contributed by atoms with Gasteiger partial charge in [0, 0.05) is 19.7 Å². The van der Waals surface area contributed by atoms with E-state index in [1.807, 2.05) is 24.3 Å². The quantitative estimate of drug-likeness (QED) is 0.702. The molecule has 3 heteroatoms. The largest absolute Gasteiger partial charge is 0.397 e. The van der Waals surface area contributed by atoms with Gasteiger partial charge in [-0.3, -0.25) is 0 Å². The fourth-order valence-electron chi connectivity index (χ4n) is 1.66. The van der Waals surface area contributed by atoms with E-state index in [9.17, 15) is 0 Å². The molecule has 0 atom stereocenters. The highest BCUT2D eigenvalue weighted by Crippen LogP contribution is 2.22. The van der Waals surface area contributed by atoms with E-state index in [1.54, 1.807) is 0 Å². The van der Waals surface area contributed by atoms with E-state index in [0.717, 1.165) is 37.3 Å². The van der Waals surface area contributed by atoms with Crippen LogP contribution in [0.25, 0.3) is 0 Å². The maximum Gasteiger partial charge on any atom is 0.0599 e. The average molecular weight is 208 g/mol. The van der Waals surface area contributed by atoms with Crippen LogP contribution >= 0.6 is 0 Å². The summed E-state index contributed by atoms with van der Waals surface area (Å²) in [5.74, 6) is 0. The molecule has 1 aromatic carbocycles. The van der Waals surface area contributed by atoms with Crippen molar-refractivity contribution in [2.24, 2.45) is 0 Å². The summed E-state index contributed by atoms with van der Waals surface area (Å²) in [6, 6.07) is 7.88. The van der Waals surface area contributed by atoms with Gasteiger partial charge in [-0.1, -0.05) is 19.1 Å². The van der Waals surface area contributed by atoms with Crippen molar-refractivity contribution < 1.29 is 5.11 Å². The van der Waals surface area contributed by atoms with E-state index < -0.39 is 0 Å². The van der Waals surface area contributed by atoms with E-state index in [2.05, 4.69) is 11.8 Å². The van der Waals surface area contributed by atoms with Crippen molar-refractivity contribution in [1.29, 1.82) is 0 Å². The van der Waals surface area contributed by atoms with Gasteiger partial charge in [0.15, 0.2) is 0 Å². The third kappa shape index (κ3) is 3.44. The van der Waals surface area contributed by atoms with Crippen LogP contribution in [0.15, 0.2) is 24.3 Å². The second kappa shape index (κ2) is 6.30. The predicted molar refractivity (Wildman–Crippen MR) is 65.1 cm³/mol. The molecule has 0 aliphatic heterocycles. The molecule has 0 spiro atoms. The molecule has 0 unspecified atom stereocenters. The first-order chi connectivity index (χ1) is 7.29. The number of aliphatic hydroxyl groups excluding tert-OH is 1. The summed E-state index contributed by atoms with van der Waals surface area (Å²) in [6.07, 6.45) is 1.87. The van der Waals surface area contributed by atoms with Crippen LogP contribution in [0.2, 0.25) is 0 Å². The van der Waals surface area contributed by atoms with Gasteiger partial charge in [-0.15, -0.1) is 0 Å². The van der Waals surface area contributed by atoms with Crippen molar-refractivity contribution in [3.8, 4) is 0 Å². The van der Waals surface area contributed by atoms with Crippen LogP contribution in [0.4, 0.5) is 11.4 Å².